The Morgan fingerprint density at radius 2 is 2.08 bits per heavy atom. The second kappa shape index (κ2) is 9.11. The van der Waals surface area contributed by atoms with Crippen molar-refractivity contribution in [1.29, 1.82) is 0 Å². The first kappa shape index (κ1) is 21.1. The molecule has 6 nitrogen and oxygen atoms in total. The minimum atomic E-state index is -0.498. The second-order valence-corrected chi connectivity index (χ2v) is 8.01. The van der Waals surface area contributed by atoms with Gasteiger partial charge in [-0.3, -0.25) is 14.9 Å². The van der Waals surface area contributed by atoms with Crippen LogP contribution in [0.3, 0.4) is 0 Å². The molecule has 0 radical (unpaired) electrons. The zero-order chi connectivity index (χ0) is 19.3. The number of imide groups is 1. The highest BCUT2D eigenvalue weighted by molar-refractivity contribution is 6.00. The van der Waals surface area contributed by atoms with Crippen molar-refractivity contribution in [2.45, 2.75) is 89.5 Å². The molecule has 2 amide bonds. The van der Waals surface area contributed by atoms with E-state index in [1.165, 1.54) is 6.42 Å². The van der Waals surface area contributed by atoms with Gasteiger partial charge < -0.3 is 15.8 Å². The largest absolute Gasteiger partial charge is 0.366 e. The van der Waals surface area contributed by atoms with Crippen LogP contribution in [-0.2, 0) is 14.3 Å². The highest BCUT2D eigenvalue weighted by Crippen LogP contribution is 2.35. The third-order valence-corrected chi connectivity index (χ3v) is 6.21. The molecule has 1 saturated carbocycles. The van der Waals surface area contributed by atoms with Crippen molar-refractivity contribution in [1.82, 2.24) is 10.6 Å². The average Bonchev–Trinajstić information content (AvgIpc) is 2.61. The van der Waals surface area contributed by atoms with E-state index >= 15 is 0 Å². The lowest BCUT2D eigenvalue weighted by atomic mass is 9.81. The van der Waals surface area contributed by atoms with Crippen LogP contribution in [0.1, 0.15) is 65.7 Å². The van der Waals surface area contributed by atoms with Gasteiger partial charge in [-0.25, -0.2) is 0 Å². The Hall–Kier alpha value is -1.24. The maximum absolute atomic E-state index is 11.9. The van der Waals surface area contributed by atoms with Crippen LogP contribution in [0.15, 0.2) is 12.2 Å². The molecule has 26 heavy (non-hydrogen) atoms. The fourth-order valence-corrected chi connectivity index (χ4v) is 3.83. The SMILES string of the molecule is C=C(CNC1CCC(=O)NC1=O)C(C)(O[C@H]1CCCC[C@@H]1N)[C@H](C)CC. The topological polar surface area (TPSA) is 93.5 Å². The third-order valence-electron chi connectivity index (χ3n) is 6.21. The monoisotopic (exact) mass is 365 g/mol. The fraction of sp³-hybridized carbons (Fsp3) is 0.800. The Bertz CT molecular complexity index is 536. The van der Waals surface area contributed by atoms with Crippen LogP contribution in [0.5, 0.6) is 0 Å². The first-order valence-electron chi connectivity index (χ1n) is 9.96. The lowest BCUT2D eigenvalue weighted by Crippen LogP contribution is -2.53. The van der Waals surface area contributed by atoms with Gasteiger partial charge in [-0.15, -0.1) is 0 Å². The molecule has 1 aliphatic carbocycles. The van der Waals surface area contributed by atoms with E-state index in [9.17, 15) is 9.59 Å². The van der Waals surface area contributed by atoms with E-state index in [0.717, 1.165) is 31.3 Å². The van der Waals surface area contributed by atoms with E-state index in [-0.39, 0.29) is 35.9 Å². The van der Waals surface area contributed by atoms with E-state index in [4.69, 9.17) is 10.5 Å². The van der Waals surface area contributed by atoms with Crippen molar-refractivity contribution in [2.24, 2.45) is 11.7 Å². The average molecular weight is 366 g/mol. The molecule has 5 atom stereocenters. The smallest absolute Gasteiger partial charge is 0.243 e. The molecule has 0 aromatic rings. The molecular weight excluding hydrogens is 330 g/mol. The number of piperidine rings is 1. The summed E-state index contributed by atoms with van der Waals surface area (Å²) in [6.45, 7) is 11.2. The lowest BCUT2D eigenvalue weighted by molar-refractivity contribution is -0.134. The molecule has 0 bridgehead atoms. The van der Waals surface area contributed by atoms with Gasteiger partial charge in [-0.2, -0.15) is 0 Å². The van der Waals surface area contributed by atoms with Crippen LogP contribution < -0.4 is 16.4 Å². The standard InChI is InChI=1S/C20H35N3O3/c1-5-13(2)20(4,26-17-9-7-6-8-15(17)21)14(3)12-22-16-10-11-18(24)23-19(16)25/h13,15-17,22H,3,5-12,21H2,1-2,4H3,(H,23,24,25)/t13-,15+,16?,17+,20?/m1/s1. The number of hydrogen-bond acceptors (Lipinski definition) is 5. The number of rotatable bonds is 8. The summed E-state index contributed by atoms with van der Waals surface area (Å²) < 4.78 is 6.57. The molecule has 2 unspecified atom stereocenters. The Morgan fingerprint density at radius 1 is 1.38 bits per heavy atom. The van der Waals surface area contributed by atoms with Crippen molar-refractivity contribution < 1.29 is 14.3 Å². The summed E-state index contributed by atoms with van der Waals surface area (Å²) >= 11 is 0. The zero-order valence-electron chi connectivity index (χ0n) is 16.5. The van der Waals surface area contributed by atoms with Gasteiger partial charge in [0.1, 0.15) is 0 Å². The molecule has 2 fully saturated rings. The Morgan fingerprint density at radius 3 is 2.69 bits per heavy atom. The molecule has 4 N–H and O–H groups in total. The van der Waals surface area contributed by atoms with E-state index in [1.54, 1.807) is 0 Å². The number of nitrogens with one attached hydrogen (secondary N) is 2. The highest BCUT2D eigenvalue weighted by Gasteiger charge is 2.39. The van der Waals surface area contributed by atoms with Gasteiger partial charge in [-0.1, -0.05) is 39.7 Å². The number of carbonyl (C=O) groups excluding carboxylic acids is 2. The Balaban J connectivity index is 2.01. The summed E-state index contributed by atoms with van der Waals surface area (Å²) in [5.74, 6) is -0.173. The van der Waals surface area contributed by atoms with Crippen LogP contribution in [0.25, 0.3) is 0 Å². The van der Waals surface area contributed by atoms with Crippen molar-refractivity contribution in [3.05, 3.63) is 12.2 Å². The summed E-state index contributed by atoms with van der Waals surface area (Å²) in [5.41, 5.74) is 6.72. The minimum Gasteiger partial charge on any atom is -0.366 e. The predicted octanol–water partition coefficient (Wildman–Crippen LogP) is 2.03. The van der Waals surface area contributed by atoms with Crippen LogP contribution in [-0.4, -0.2) is 42.1 Å². The molecule has 1 saturated heterocycles. The number of ether oxygens (including phenoxy) is 1. The summed E-state index contributed by atoms with van der Waals surface area (Å²) in [6.07, 6.45) is 6.21. The second-order valence-electron chi connectivity index (χ2n) is 8.01. The fourth-order valence-electron chi connectivity index (χ4n) is 3.83. The summed E-state index contributed by atoms with van der Waals surface area (Å²) in [5, 5.41) is 5.63. The summed E-state index contributed by atoms with van der Waals surface area (Å²) in [6, 6.07) is -0.286. The van der Waals surface area contributed by atoms with Gasteiger partial charge in [0, 0.05) is 19.0 Å². The molecule has 148 valence electrons. The van der Waals surface area contributed by atoms with Crippen LogP contribution in [0, 0.1) is 5.92 Å². The maximum Gasteiger partial charge on any atom is 0.243 e. The van der Waals surface area contributed by atoms with Gasteiger partial charge in [0.2, 0.25) is 11.8 Å². The first-order valence-corrected chi connectivity index (χ1v) is 9.96. The molecule has 0 aromatic carbocycles. The van der Waals surface area contributed by atoms with Crippen molar-refractivity contribution in [3.8, 4) is 0 Å². The van der Waals surface area contributed by atoms with Crippen molar-refractivity contribution in [3.63, 3.8) is 0 Å². The Kier molecular flexibility index (Phi) is 7.38. The molecule has 2 rings (SSSR count). The van der Waals surface area contributed by atoms with Crippen molar-refractivity contribution in [2.75, 3.05) is 6.54 Å². The number of carbonyl (C=O) groups is 2. The maximum atomic E-state index is 11.9. The van der Waals surface area contributed by atoms with Crippen molar-refractivity contribution >= 4 is 11.8 Å². The predicted molar refractivity (Wildman–Crippen MR) is 102 cm³/mol. The quantitative estimate of drug-likeness (QED) is 0.452. The molecule has 1 heterocycles. The van der Waals surface area contributed by atoms with Crippen LogP contribution in [0.2, 0.25) is 0 Å². The van der Waals surface area contributed by atoms with E-state index in [0.29, 0.717) is 19.4 Å². The van der Waals surface area contributed by atoms with Crippen LogP contribution in [0.4, 0.5) is 0 Å². The summed E-state index contributed by atoms with van der Waals surface area (Å²) in [7, 11) is 0. The van der Waals surface area contributed by atoms with Gasteiger partial charge in [0.25, 0.3) is 0 Å². The molecule has 6 heteroatoms. The van der Waals surface area contributed by atoms with Gasteiger partial charge >= 0.3 is 0 Å². The summed E-state index contributed by atoms with van der Waals surface area (Å²) in [4.78, 5) is 23.2. The van der Waals surface area contributed by atoms with Crippen LogP contribution >= 0.6 is 0 Å². The normalized spacial score (nSPS) is 30.4. The molecule has 1 aliphatic heterocycles. The van der Waals surface area contributed by atoms with Gasteiger partial charge in [0.05, 0.1) is 17.7 Å². The minimum absolute atomic E-state index is 0.0510. The Labute approximate surface area is 157 Å². The van der Waals surface area contributed by atoms with E-state index in [1.807, 2.05) is 0 Å². The molecule has 2 aliphatic rings. The number of hydrogen-bond donors (Lipinski definition) is 3. The number of nitrogens with two attached hydrogens (primary N) is 1. The van der Waals surface area contributed by atoms with E-state index < -0.39 is 5.60 Å². The highest BCUT2D eigenvalue weighted by atomic mass is 16.5. The van der Waals surface area contributed by atoms with E-state index in [2.05, 4.69) is 38.0 Å². The number of amides is 2. The van der Waals surface area contributed by atoms with Gasteiger partial charge in [-0.05, 0) is 37.7 Å². The molecular formula is C20H35N3O3. The van der Waals surface area contributed by atoms with Gasteiger partial charge in [0.15, 0.2) is 0 Å². The molecule has 0 spiro atoms. The third kappa shape index (κ3) is 4.93. The first-order chi connectivity index (χ1) is 12.3. The lowest BCUT2D eigenvalue weighted by Gasteiger charge is -2.43. The molecule has 0 aromatic heterocycles. The zero-order valence-corrected chi connectivity index (χ0v) is 16.5.